The Labute approximate surface area is 123 Å². The Balaban J connectivity index is 2.30. The van der Waals surface area contributed by atoms with Crippen LogP contribution in [0, 0.1) is 5.92 Å². The van der Waals surface area contributed by atoms with E-state index >= 15 is 0 Å². The summed E-state index contributed by atoms with van der Waals surface area (Å²) in [5.41, 5.74) is 0.955. The Morgan fingerprint density at radius 3 is 2.40 bits per heavy atom. The van der Waals surface area contributed by atoms with Gasteiger partial charge in [-0.2, -0.15) is 0 Å². The molecule has 1 aromatic heterocycles. The Hall–Kier alpha value is -1.14. The van der Waals surface area contributed by atoms with E-state index in [4.69, 9.17) is 10.7 Å². The zero-order chi connectivity index (χ0) is 14.9. The fourth-order valence-electron chi connectivity index (χ4n) is 2.64. The third-order valence-electron chi connectivity index (χ3n) is 3.54. The van der Waals surface area contributed by atoms with Crippen molar-refractivity contribution in [3.63, 3.8) is 0 Å². The quantitative estimate of drug-likeness (QED) is 0.796. The van der Waals surface area contributed by atoms with E-state index in [1.165, 1.54) is 0 Å². The highest BCUT2D eigenvalue weighted by atomic mass is 35.7. The number of hydrogen-bond donors (Lipinski definition) is 0. The minimum absolute atomic E-state index is 0.0415. The van der Waals surface area contributed by atoms with Crippen molar-refractivity contribution in [2.24, 2.45) is 5.92 Å². The molecule has 5 nitrogen and oxygen atoms in total. The number of amides is 1. The van der Waals surface area contributed by atoms with Crippen molar-refractivity contribution in [2.75, 3.05) is 6.54 Å². The summed E-state index contributed by atoms with van der Waals surface area (Å²) in [6.07, 6.45) is 3.29. The number of rotatable bonds is 4. The summed E-state index contributed by atoms with van der Waals surface area (Å²) in [7, 11) is 1.67. The van der Waals surface area contributed by atoms with E-state index in [0.717, 1.165) is 5.56 Å². The number of likely N-dealkylation sites (tertiary alicyclic amines) is 1. The van der Waals surface area contributed by atoms with Gasteiger partial charge in [-0.05, 0) is 23.6 Å². The minimum Gasteiger partial charge on any atom is -0.334 e. The fraction of sp³-hybridized carbons (Fsp3) is 0.538. The van der Waals surface area contributed by atoms with Gasteiger partial charge in [0.05, 0.1) is 6.04 Å². The molecule has 7 heteroatoms. The van der Waals surface area contributed by atoms with Gasteiger partial charge in [0.25, 0.3) is 0 Å². The van der Waals surface area contributed by atoms with Crippen molar-refractivity contribution in [1.29, 1.82) is 0 Å². The van der Waals surface area contributed by atoms with Crippen molar-refractivity contribution >= 4 is 25.6 Å². The number of halogens is 1. The Morgan fingerprint density at radius 1 is 1.35 bits per heavy atom. The lowest BCUT2D eigenvalue weighted by molar-refractivity contribution is -0.130. The summed E-state index contributed by atoms with van der Waals surface area (Å²) in [5.74, 6) is -0.00660. The SMILES string of the molecule is CC(C)C(c1ccncc1)N1CC(S(=O)(=O)Cl)CC1=O. The molecule has 1 aliphatic rings. The van der Waals surface area contributed by atoms with Crippen molar-refractivity contribution in [3.05, 3.63) is 30.1 Å². The van der Waals surface area contributed by atoms with Crippen LogP contribution in [0.5, 0.6) is 0 Å². The largest absolute Gasteiger partial charge is 0.334 e. The van der Waals surface area contributed by atoms with Crippen LogP contribution in [0.4, 0.5) is 0 Å². The Bertz CT molecular complexity index is 589. The predicted octanol–water partition coefficient (Wildman–Crippen LogP) is 1.95. The van der Waals surface area contributed by atoms with E-state index < -0.39 is 14.3 Å². The molecule has 0 bridgehead atoms. The molecule has 2 heterocycles. The first kappa shape index (κ1) is 15.3. The van der Waals surface area contributed by atoms with Gasteiger partial charge in [-0.15, -0.1) is 0 Å². The monoisotopic (exact) mass is 316 g/mol. The van der Waals surface area contributed by atoms with Crippen molar-refractivity contribution < 1.29 is 13.2 Å². The molecule has 1 saturated heterocycles. The second-order valence-electron chi connectivity index (χ2n) is 5.32. The van der Waals surface area contributed by atoms with Gasteiger partial charge in [-0.1, -0.05) is 13.8 Å². The number of carbonyl (C=O) groups is 1. The zero-order valence-corrected chi connectivity index (χ0v) is 12.9. The normalized spacial score (nSPS) is 21.5. The van der Waals surface area contributed by atoms with E-state index in [2.05, 4.69) is 4.98 Å². The smallest absolute Gasteiger partial charge is 0.237 e. The molecule has 2 rings (SSSR count). The number of carbonyl (C=O) groups excluding carboxylic acids is 1. The molecule has 1 aliphatic heterocycles. The first-order chi connectivity index (χ1) is 9.30. The summed E-state index contributed by atoms with van der Waals surface area (Å²) < 4.78 is 22.9. The third kappa shape index (κ3) is 3.12. The van der Waals surface area contributed by atoms with E-state index in [9.17, 15) is 13.2 Å². The molecule has 1 aromatic rings. The molecular weight excluding hydrogens is 300 g/mol. The second-order valence-corrected chi connectivity index (χ2v) is 8.23. The van der Waals surface area contributed by atoms with Crippen LogP contribution < -0.4 is 0 Å². The number of hydrogen-bond acceptors (Lipinski definition) is 4. The number of aromatic nitrogens is 1. The highest BCUT2D eigenvalue weighted by molar-refractivity contribution is 8.14. The molecule has 0 aliphatic carbocycles. The highest BCUT2D eigenvalue weighted by Gasteiger charge is 2.41. The second kappa shape index (κ2) is 5.69. The van der Waals surface area contributed by atoms with Gasteiger partial charge in [0.1, 0.15) is 5.25 Å². The molecule has 20 heavy (non-hydrogen) atoms. The first-order valence-electron chi connectivity index (χ1n) is 6.43. The molecule has 2 unspecified atom stereocenters. The molecule has 0 radical (unpaired) electrons. The number of pyridine rings is 1. The molecule has 0 aromatic carbocycles. The first-order valence-corrected chi connectivity index (χ1v) is 8.81. The molecule has 1 amide bonds. The van der Waals surface area contributed by atoms with Gasteiger partial charge in [0.15, 0.2) is 0 Å². The maximum Gasteiger partial charge on any atom is 0.237 e. The fourth-order valence-corrected chi connectivity index (χ4v) is 3.68. The van der Waals surface area contributed by atoms with Crippen LogP contribution in [-0.2, 0) is 13.8 Å². The molecule has 2 atom stereocenters. The van der Waals surface area contributed by atoms with Crippen LogP contribution >= 0.6 is 10.7 Å². The van der Waals surface area contributed by atoms with Crippen molar-refractivity contribution in [3.8, 4) is 0 Å². The Kier molecular flexibility index (Phi) is 4.34. The maximum atomic E-state index is 12.1. The molecule has 0 saturated carbocycles. The minimum atomic E-state index is -3.71. The van der Waals surface area contributed by atoms with Crippen LogP contribution in [-0.4, -0.2) is 36.0 Å². The lowest BCUT2D eigenvalue weighted by Crippen LogP contribution is -2.34. The van der Waals surface area contributed by atoms with Gasteiger partial charge >= 0.3 is 0 Å². The van der Waals surface area contributed by atoms with E-state index in [-0.39, 0.29) is 30.8 Å². The van der Waals surface area contributed by atoms with E-state index in [1.807, 2.05) is 26.0 Å². The molecule has 110 valence electrons. The van der Waals surface area contributed by atoms with E-state index in [1.54, 1.807) is 17.3 Å². The highest BCUT2D eigenvalue weighted by Crippen LogP contribution is 2.34. The van der Waals surface area contributed by atoms with Crippen molar-refractivity contribution in [1.82, 2.24) is 9.88 Å². The summed E-state index contributed by atoms with van der Waals surface area (Å²) in [5, 5.41) is -0.820. The van der Waals surface area contributed by atoms with Gasteiger partial charge in [-0.3, -0.25) is 9.78 Å². The summed E-state index contributed by atoms with van der Waals surface area (Å²) in [6.45, 7) is 4.15. The summed E-state index contributed by atoms with van der Waals surface area (Å²) >= 11 is 0. The summed E-state index contributed by atoms with van der Waals surface area (Å²) in [6, 6.07) is 3.54. The molecular formula is C13H17ClN2O3S. The van der Waals surface area contributed by atoms with E-state index in [0.29, 0.717) is 0 Å². The van der Waals surface area contributed by atoms with Gasteiger partial charge in [-0.25, -0.2) is 8.42 Å². The molecule has 0 N–H and O–H groups in total. The Morgan fingerprint density at radius 2 is 1.95 bits per heavy atom. The molecule has 0 spiro atoms. The van der Waals surface area contributed by atoms with Crippen LogP contribution in [0.3, 0.4) is 0 Å². The zero-order valence-electron chi connectivity index (χ0n) is 11.4. The molecule has 1 fully saturated rings. The van der Waals surface area contributed by atoms with Crippen LogP contribution in [0.2, 0.25) is 0 Å². The lowest BCUT2D eigenvalue weighted by Gasteiger charge is -2.31. The van der Waals surface area contributed by atoms with Gasteiger partial charge in [0, 0.05) is 36.0 Å². The topological polar surface area (TPSA) is 67.3 Å². The predicted molar refractivity (Wildman–Crippen MR) is 76.7 cm³/mol. The number of nitrogens with zero attached hydrogens (tertiary/aromatic N) is 2. The van der Waals surface area contributed by atoms with Crippen molar-refractivity contribution in [2.45, 2.75) is 31.6 Å². The average Bonchev–Trinajstić information content (AvgIpc) is 2.73. The van der Waals surface area contributed by atoms with Gasteiger partial charge in [0.2, 0.25) is 15.0 Å². The van der Waals surface area contributed by atoms with Crippen LogP contribution in [0.25, 0.3) is 0 Å². The van der Waals surface area contributed by atoms with Crippen LogP contribution in [0.15, 0.2) is 24.5 Å². The average molecular weight is 317 g/mol. The standard InChI is InChI=1S/C13H17ClN2O3S/c1-9(2)13(10-3-5-15-6-4-10)16-8-11(7-12(16)17)20(14,18)19/h3-6,9,11,13H,7-8H2,1-2H3. The third-order valence-corrected chi connectivity index (χ3v) is 5.40. The maximum absolute atomic E-state index is 12.1. The summed E-state index contributed by atoms with van der Waals surface area (Å²) in [4.78, 5) is 17.7. The van der Waals surface area contributed by atoms with Gasteiger partial charge < -0.3 is 4.90 Å². The lowest BCUT2D eigenvalue weighted by atomic mass is 9.95. The van der Waals surface area contributed by atoms with Crippen LogP contribution in [0.1, 0.15) is 31.9 Å².